The summed E-state index contributed by atoms with van der Waals surface area (Å²) in [6.07, 6.45) is 3.64. The molecule has 0 saturated carbocycles. The number of methoxy groups -OCH3 is 3. The first-order valence-corrected chi connectivity index (χ1v) is 9.36. The van der Waals surface area contributed by atoms with Crippen molar-refractivity contribution in [3.63, 3.8) is 0 Å². The van der Waals surface area contributed by atoms with Gasteiger partial charge in [0.1, 0.15) is 0 Å². The van der Waals surface area contributed by atoms with Gasteiger partial charge >= 0.3 is 0 Å². The molecule has 0 heterocycles. The third-order valence-corrected chi connectivity index (χ3v) is 3.99. The van der Waals surface area contributed by atoms with Gasteiger partial charge in [-0.1, -0.05) is 26.7 Å². The highest BCUT2D eigenvalue weighted by Gasteiger charge is 2.13. The molecular formula is C20H35N3O3. The van der Waals surface area contributed by atoms with Crippen molar-refractivity contribution in [3.05, 3.63) is 17.7 Å². The first kappa shape index (κ1) is 21.9. The number of unbranched alkanes of at least 4 members (excludes halogenated alkanes) is 1. The van der Waals surface area contributed by atoms with Gasteiger partial charge in [0.15, 0.2) is 17.5 Å². The number of guanidine groups is 1. The van der Waals surface area contributed by atoms with E-state index in [1.807, 2.05) is 12.1 Å². The minimum Gasteiger partial charge on any atom is -0.493 e. The Morgan fingerprint density at radius 1 is 1.00 bits per heavy atom. The van der Waals surface area contributed by atoms with Crippen molar-refractivity contribution in [2.45, 2.75) is 46.6 Å². The van der Waals surface area contributed by atoms with Crippen LogP contribution < -0.4 is 24.8 Å². The molecule has 0 radical (unpaired) electrons. The van der Waals surface area contributed by atoms with Gasteiger partial charge in [-0.15, -0.1) is 0 Å². The van der Waals surface area contributed by atoms with Crippen molar-refractivity contribution >= 4 is 5.96 Å². The van der Waals surface area contributed by atoms with Crippen LogP contribution in [-0.4, -0.2) is 40.4 Å². The molecule has 0 saturated heterocycles. The number of hydrogen-bond donors (Lipinski definition) is 2. The van der Waals surface area contributed by atoms with Crippen LogP contribution >= 0.6 is 0 Å². The lowest BCUT2D eigenvalue weighted by atomic mass is 10.1. The second-order valence-corrected chi connectivity index (χ2v) is 6.55. The molecule has 0 aliphatic heterocycles. The molecule has 0 unspecified atom stereocenters. The molecule has 0 bridgehead atoms. The number of benzene rings is 1. The molecule has 1 rings (SSSR count). The predicted octanol–water partition coefficient (Wildman–Crippen LogP) is 3.59. The fourth-order valence-electron chi connectivity index (χ4n) is 2.62. The van der Waals surface area contributed by atoms with Crippen LogP contribution in [0, 0.1) is 5.92 Å². The summed E-state index contributed by atoms with van der Waals surface area (Å²) in [4.78, 5) is 4.67. The molecule has 148 valence electrons. The Bertz CT molecular complexity index is 534. The van der Waals surface area contributed by atoms with Gasteiger partial charge in [-0.2, -0.15) is 0 Å². The van der Waals surface area contributed by atoms with Crippen molar-refractivity contribution in [1.82, 2.24) is 10.6 Å². The third kappa shape index (κ3) is 7.42. The van der Waals surface area contributed by atoms with Crippen molar-refractivity contribution in [1.29, 1.82) is 0 Å². The molecule has 1 aromatic carbocycles. The minimum atomic E-state index is 0.526. The first-order chi connectivity index (χ1) is 12.5. The molecule has 0 atom stereocenters. The summed E-state index contributed by atoms with van der Waals surface area (Å²) in [5.74, 6) is 3.47. The Kier molecular flexibility index (Phi) is 10.4. The van der Waals surface area contributed by atoms with E-state index in [0.717, 1.165) is 37.0 Å². The summed E-state index contributed by atoms with van der Waals surface area (Å²) >= 11 is 0. The van der Waals surface area contributed by atoms with Crippen LogP contribution in [0.1, 0.15) is 45.6 Å². The molecule has 6 nitrogen and oxygen atoms in total. The molecule has 1 aromatic rings. The van der Waals surface area contributed by atoms with Crippen molar-refractivity contribution in [3.8, 4) is 17.2 Å². The summed E-state index contributed by atoms with van der Waals surface area (Å²) in [6.45, 7) is 8.86. The van der Waals surface area contributed by atoms with Crippen LogP contribution in [0.5, 0.6) is 17.2 Å². The Morgan fingerprint density at radius 2 is 1.65 bits per heavy atom. The van der Waals surface area contributed by atoms with Gasteiger partial charge in [0.05, 0.1) is 27.9 Å². The molecule has 0 aliphatic carbocycles. The van der Waals surface area contributed by atoms with Gasteiger partial charge < -0.3 is 24.8 Å². The molecule has 0 amide bonds. The Hall–Kier alpha value is -2.11. The smallest absolute Gasteiger partial charge is 0.203 e. The highest BCUT2D eigenvalue weighted by atomic mass is 16.5. The van der Waals surface area contributed by atoms with E-state index < -0.39 is 0 Å². The van der Waals surface area contributed by atoms with E-state index in [0.29, 0.717) is 23.8 Å². The number of hydrogen-bond acceptors (Lipinski definition) is 4. The fraction of sp³-hybridized carbons (Fsp3) is 0.650. The van der Waals surface area contributed by atoms with E-state index in [2.05, 4.69) is 36.4 Å². The maximum atomic E-state index is 5.40. The van der Waals surface area contributed by atoms with E-state index in [1.165, 1.54) is 12.8 Å². The maximum Gasteiger partial charge on any atom is 0.203 e. The molecular weight excluding hydrogens is 330 g/mol. The van der Waals surface area contributed by atoms with E-state index in [1.54, 1.807) is 21.3 Å². The average molecular weight is 366 g/mol. The summed E-state index contributed by atoms with van der Waals surface area (Å²) in [7, 11) is 4.84. The predicted molar refractivity (Wildman–Crippen MR) is 108 cm³/mol. The molecule has 6 heteroatoms. The monoisotopic (exact) mass is 365 g/mol. The first-order valence-electron chi connectivity index (χ1n) is 9.36. The normalized spacial score (nSPS) is 11.4. The van der Waals surface area contributed by atoms with Crippen LogP contribution in [-0.2, 0) is 6.54 Å². The summed E-state index contributed by atoms with van der Waals surface area (Å²) < 4.78 is 16.2. The summed E-state index contributed by atoms with van der Waals surface area (Å²) in [5.41, 5.74) is 0.997. The molecule has 0 fully saturated rings. The quantitative estimate of drug-likeness (QED) is 0.356. The Balaban J connectivity index is 2.73. The van der Waals surface area contributed by atoms with Crippen LogP contribution in [0.15, 0.2) is 17.1 Å². The van der Waals surface area contributed by atoms with E-state index >= 15 is 0 Å². The second-order valence-electron chi connectivity index (χ2n) is 6.55. The number of ether oxygens (including phenoxy) is 3. The SMILES string of the molecule is CCNC(=NCc1cc(OC)c(OC)c(OC)c1)NCCCCC(C)C. The van der Waals surface area contributed by atoms with Crippen molar-refractivity contribution in [2.75, 3.05) is 34.4 Å². The third-order valence-electron chi connectivity index (χ3n) is 3.99. The van der Waals surface area contributed by atoms with Crippen molar-refractivity contribution < 1.29 is 14.2 Å². The van der Waals surface area contributed by atoms with Gasteiger partial charge in [-0.3, -0.25) is 0 Å². The summed E-state index contributed by atoms with van der Waals surface area (Å²) in [5, 5.41) is 6.68. The van der Waals surface area contributed by atoms with Crippen LogP contribution in [0.3, 0.4) is 0 Å². The van der Waals surface area contributed by atoms with Crippen molar-refractivity contribution in [2.24, 2.45) is 10.9 Å². The standard InChI is InChI=1S/C20H35N3O3/c1-7-21-20(22-11-9-8-10-15(2)3)23-14-16-12-17(24-4)19(26-6)18(13-16)25-5/h12-13,15H,7-11,14H2,1-6H3,(H2,21,22,23). The maximum absolute atomic E-state index is 5.40. The second kappa shape index (κ2) is 12.3. The van der Waals surface area contributed by atoms with Gasteiger partial charge in [-0.25, -0.2) is 4.99 Å². The van der Waals surface area contributed by atoms with Gasteiger partial charge in [0.2, 0.25) is 5.75 Å². The molecule has 0 aliphatic rings. The fourth-order valence-corrected chi connectivity index (χ4v) is 2.62. The van der Waals surface area contributed by atoms with Crippen LogP contribution in [0.25, 0.3) is 0 Å². The largest absolute Gasteiger partial charge is 0.493 e. The van der Waals surface area contributed by atoms with Crippen LogP contribution in [0.2, 0.25) is 0 Å². The zero-order chi connectivity index (χ0) is 19.4. The number of rotatable bonds is 11. The lowest BCUT2D eigenvalue weighted by Gasteiger charge is -2.14. The zero-order valence-electron chi connectivity index (χ0n) is 17.1. The number of nitrogens with zero attached hydrogens (tertiary/aromatic N) is 1. The zero-order valence-corrected chi connectivity index (χ0v) is 17.1. The van der Waals surface area contributed by atoms with Gasteiger partial charge in [0.25, 0.3) is 0 Å². The lowest BCUT2D eigenvalue weighted by molar-refractivity contribution is 0.324. The summed E-state index contributed by atoms with van der Waals surface area (Å²) in [6, 6.07) is 3.86. The molecule has 26 heavy (non-hydrogen) atoms. The van der Waals surface area contributed by atoms with E-state index in [-0.39, 0.29) is 0 Å². The van der Waals surface area contributed by atoms with E-state index in [9.17, 15) is 0 Å². The molecule has 2 N–H and O–H groups in total. The van der Waals surface area contributed by atoms with Crippen LogP contribution in [0.4, 0.5) is 0 Å². The molecule has 0 aromatic heterocycles. The topological polar surface area (TPSA) is 64.1 Å². The minimum absolute atomic E-state index is 0.526. The number of aliphatic imine (C=N–C) groups is 1. The van der Waals surface area contributed by atoms with Gasteiger partial charge in [0, 0.05) is 13.1 Å². The average Bonchev–Trinajstić information content (AvgIpc) is 2.64. The number of nitrogens with one attached hydrogen (secondary N) is 2. The lowest BCUT2D eigenvalue weighted by Crippen LogP contribution is -2.37. The van der Waals surface area contributed by atoms with Gasteiger partial charge in [-0.05, 0) is 37.0 Å². The molecule has 0 spiro atoms. The highest BCUT2D eigenvalue weighted by Crippen LogP contribution is 2.38. The Morgan fingerprint density at radius 3 is 2.15 bits per heavy atom. The highest BCUT2D eigenvalue weighted by molar-refractivity contribution is 5.79. The van der Waals surface area contributed by atoms with E-state index in [4.69, 9.17) is 14.2 Å². The Labute approximate surface area is 158 Å².